The molecule has 284 valence electrons. The summed E-state index contributed by atoms with van der Waals surface area (Å²) in [7, 11) is 0. The van der Waals surface area contributed by atoms with E-state index in [4.69, 9.17) is 28.4 Å². The number of hydrogen-bond donors (Lipinski definition) is 2. The van der Waals surface area contributed by atoms with Gasteiger partial charge < -0.3 is 38.8 Å². The van der Waals surface area contributed by atoms with Gasteiger partial charge in [0.15, 0.2) is 0 Å². The van der Waals surface area contributed by atoms with Crippen molar-refractivity contribution < 1.29 is 43.1 Å². The fraction of sp³-hybridized carbons (Fsp3) is 0.476. The van der Waals surface area contributed by atoms with Crippen LogP contribution in [-0.4, -0.2) is 89.2 Å². The summed E-state index contributed by atoms with van der Waals surface area (Å²) in [5.41, 5.74) is 1.08. The molecule has 2 aliphatic rings. The molecule has 0 spiro atoms. The Morgan fingerprint density at radius 1 is 0.887 bits per heavy atom. The first-order chi connectivity index (χ1) is 25.3. The van der Waals surface area contributed by atoms with Gasteiger partial charge in [0.05, 0.1) is 45.1 Å². The first-order valence-corrected chi connectivity index (χ1v) is 18.0. The van der Waals surface area contributed by atoms with Crippen molar-refractivity contribution in [2.75, 3.05) is 13.2 Å². The number of rotatable bonds is 12. The first-order valence-electron chi connectivity index (χ1n) is 18.0. The zero-order valence-corrected chi connectivity index (χ0v) is 31.4. The van der Waals surface area contributed by atoms with Crippen molar-refractivity contribution in [2.45, 2.75) is 115 Å². The minimum atomic E-state index is -1.34. The SMILES string of the molecule is CC(=O)N[C@H]1[C@@H](OCc2ccccc2)[C@H](OCc2ccccc2)[C@@H](COCc2ccccc2)O[C@H]1C#CC(O)[C@H]1COC(C)(C)N1C(=O)OC(C)(C)C. The molecule has 0 aromatic heterocycles. The number of nitrogens with zero attached hydrogens (tertiary/aromatic N) is 1. The van der Waals surface area contributed by atoms with Crippen LogP contribution < -0.4 is 5.32 Å². The topological polar surface area (TPSA) is 125 Å². The molecule has 2 saturated heterocycles. The van der Waals surface area contributed by atoms with Crippen molar-refractivity contribution in [3.05, 3.63) is 108 Å². The minimum Gasteiger partial charge on any atom is -0.444 e. The Kier molecular flexibility index (Phi) is 13.7. The number of aliphatic hydroxyl groups excluding tert-OH is 1. The Morgan fingerprint density at radius 2 is 1.42 bits per heavy atom. The van der Waals surface area contributed by atoms with Crippen molar-refractivity contribution in [1.82, 2.24) is 10.2 Å². The fourth-order valence-corrected chi connectivity index (χ4v) is 6.39. The number of nitrogens with one attached hydrogen (secondary N) is 1. The van der Waals surface area contributed by atoms with Gasteiger partial charge in [-0.1, -0.05) is 103 Å². The molecular weight excluding hydrogens is 676 g/mol. The van der Waals surface area contributed by atoms with Crippen molar-refractivity contribution in [2.24, 2.45) is 0 Å². The quantitative estimate of drug-likeness (QED) is 0.237. The summed E-state index contributed by atoms with van der Waals surface area (Å²) in [6.45, 7) is 11.2. The number of benzene rings is 3. The van der Waals surface area contributed by atoms with Gasteiger partial charge in [0.25, 0.3) is 0 Å². The van der Waals surface area contributed by atoms with Gasteiger partial charge in [0, 0.05) is 6.92 Å². The second-order valence-corrected chi connectivity index (χ2v) is 14.8. The van der Waals surface area contributed by atoms with Gasteiger partial charge in [-0.2, -0.15) is 0 Å². The summed E-state index contributed by atoms with van der Waals surface area (Å²) in [6.07, 6.45) is -5.04. The highest BCUT2D eigenvalue weighted by atomic mass is 16.6. The highest BCUT2D eigenvalue weighted by molar-refractivity contribution is 5.73. The second-order valence-electron chi connectivity index (χ2n) is 14.8. The zero-order valence-electron chi connectivity index (χ0n) is 31.4. The lowest BCUT2D eigenvalue weighted by molar-refractivity contribution is -0.222. The lowest BCUT2D eigenvalue weighted by Gasteiger charge is -2.45. The predicted molar refractivity (Wildman–Crippen MR) is 198 cm³/mol. The van der Waals surface area contributed by atoms with Crippen LogP contribution in [0.25, 0.3) is 0 Å². The Bertz CT molecular complexity index is 1670. The molecule has 53 heavy (non-hydrogen) atoms. The third-order valence-electron chi connectivity index (χ3n) is 8.87. The van der Waals surface area contributed by atoms with Crippen LogP contribution in [-0.2, 0) is 53.0 Å². The molecular formula is C42H52N2O9. The summed E-state index contributed by atoms with van der Waals surface area (Å²) in [4.78, 5) is 27.4. The van der Waals surface area contributed by atoms with E-state index in [2.05, 4.69) is 17.2 Å². The maximum absolute atomic E-state index is 13.3. The number of amides is 2. The summed E-state index contributed by atoms with van der Waals surface area (Å²) in [6, 6.07) is 27.7. The summed E-state index contributed by atoms with van der Waals surface area (Å²) < 4.78 is 37.7. The summed E-state index contributed by atoms with van der Waals surface area (Å²) in [5, 5.41) is 14.5. The summed E-state index contributed by atoms with van der Waals surface area (Å²) >= 11 is 0. The Morgan fingerprint density at radius 3 is 1.94 bits per heavy atom. The minimum absolute atomic E-state index is 0.0386. The van der Waals surface area contributed by atoms with E-state index in [9.17, 15) is 14.7 Å². The summed E-state index contributed by atoms with van der Waals surface area (Å²) in [5.74, 6) is 5.68. The predicted octanol–water partition coefficient (Wildman–Crippen LogP) is 5.38. The Balaban J connectivity index is 1.47. The third kappa shape index (κ3) is 11.4. The van der Waals surface area contributed by atoms with Crippen molar-refractivity contribution in [3.63, 3.8) is 0 Å². The monoisotopic (exact) mass is 728 g/mol. The van der Waals surface area contributed by atoms with E-state index in [0.717, 1.165) is 16.7 Å². The highest BCUT2D eigenvalue weighted by Crippen LogP contribution is 2.32. The third-order valence-corrected chi connectivity index (χ3v) is 8.87. The fourth-order valence-electron chi connectivity index (χ4n) is 6.39. The number of carbonyl (C=O) groups is 2. The van der Waals surface area contributed by atoms with E-state index in [1.54, 1.807) is 34.6 Å². The molecule has 0 radical (unpaired) electrons. The number of carbonyl (C=O) groups excluding carboxylic acids is 2. The van der Waals surface area contributed by atoms with E-state index in [1.165, 1.54) is 11.8 Å². The number of aliphatic hydroxyl groups is 1. The van der Waals surface area contributed by atoms with Crippen LogP contribution in [0.5, 0.6) is 0 Å². The first kappa shape index (κ1) is 39.9. The molecule has 3 aromatic rings. The zero-order chi connectivity index (χ0) is 38.0. The molecule has 11 nitrogen and oxygen atoms in total. The second kappa shape index (κ2) is 18.2. The van der Waals surface area contributed by atoms with E-state index in [1.807, 2.05) is 91.0 Å². The van der Waals surface area contributed by atoms with Gasteiger partial charge in [-0.15, -0.1) is 0 Å². The largest absolute Gasteiger partial charge is 0.444 e. The van der Waals surface area contributed by atoms with Crippen LogP contribution in [0.4, 0.5) is 4.79 Å². The van der Waals surface area contributed by atoms with Gasteiger partial charge in [0.2, 0.25) is 5.91 Å². The van der Waals surface area contributed by atoms with Crippen LogP contribution in [0, 0.1) is 11.8 Å². The Hall–Kier alpha value is -4.28. The van der Waals surface area contributed by atoms with E-state index >= 15 is 0 Å². The van der Waals surface area contributed by atoms with E-state index < -0.39 is 60.0 Å². The van der Waals surface area contributed by atoms with Gasteiger partial charge in [0.1, 0.15) is 41.8 Å². The molecule has 2 aliphatic heterocycles. The van der Waals surface area contributed by atoms with Crippen molar-refractivity contribution in [3.8, 4) is 11.8 Å². The number of ether oxygens (including phenoxy) is 6. The van der Waals surface area contributed by atoms with Crippen LogP contribution in [0.3, 0.4) is 0 Å². The van der Waals surface area contributed by atoms with Gasteiger partial charge >= 0.3 is 6.09 Å². The molecule has 0 bridgehead atoms. The smallest absolute Gasteiger partial charge is 0.413 e. The standard InChI is InChI=1S/C42H52N2O9/c1-29(45)43-37-35(23-22-34(46)33-27-51-42(5,6)44(33)40(47)53-41(2,3)4)52-36(28-48-24-30-16-10-7-11-17-30)38(49-25-31-18-12-8-13-19-31)39(37)50-26-32-20-14-9-15-21-32/h7-21,33-39,46H,24-28H2,1-6H3,(H,43,45)/t33-,34?,35+,36-,37-,38-,39-/m1/s1. The highest BCUT2D eigenvalue weighted by Gasteiger charge is 2.50. The molecule has 5 rings (SSSR count). The van der Waals surface area contributed by atoms with Crippen LogP contribution in [0.1, 0.15) is 58.2 Å². The molecule has 2 amide bonds. The molecule has 3 aromatic carbocycles. The van der Waals surface area contributed by atoms with Crippen molar-refractivity contribution in [1.29, 1.82) is 0 Å². The van der Waals surface area contributed by atoms with Gasteiger partial charge in [-0.3, -0.25) is 9.69 Å². The lowest BCUT2D eigenvalue weighted by atomic mass is 9.91. The van der Waals surface area contributed by atoms with Gasteiger partial charge in [-0.05, 0) is 51.3 Å². The molecule has 2 fully saturated rings. The van der Waals surface area contributed by atoms with Crippen molar-refractivity contribution >= 4 is 12.0 Å². The normalized spacial score (nSPS) is 24.5. The average Bonchev–Trinajstić information content (AvgIpc) is 3.45. The molecule has 0 aliphatic carbocycles. The van der Waals surface area contributed by atoms with E-state index in [0.29, 0.717) is 6.61 Å². The van der Waals surface area contributed by atoms with Crippen LogP contribution >= 0.6 is 0 Å². The maximum Gasteiger partial charge on any atom is 0.413 e. The molecule has 1 unspecified atom stereocenters. The van der Waals surface area contributed by atoms with E-state index in [-0.39, 0.29) is 32.3 Å². The van der Waals surface area contributed by atoms with Gasteiger partial charge in [-0.25, -0.2) is 4.79 Å². The Labute approximate surface area is 312 Å². The lowest BCUT2D eigenvalue weighted by Crippen LogP contribution is -2.65. The molecule has 2 heterocycles. The molecule has 11 heteroatoms. The average molecular weight is 729 g/mol. The van der Waals surface area contributed by atoms with Crippen LogP contribution in [0.2, 0.25) is 0 Å². The molecule has 7 atom stereocenters. The molecule has 2 N–H and O–H groups in total. The molecule has 0 saturated carbocycles. The maximum atomic E-state index is 13.3. The van der Waals surface area contributed by atoms with Crippen LogP contribution in [0.15, 0.2) is 91.0 Å². The number of hydrogen-bond acceptors (Lipinski definition) is 9.